The van der Waals surface area contributed by atoms with Crippen molar-refractivity contribution in [1.82, 2.24) is 0 Å². The Balaban J connectivity index is 2.48. The topological polar surface area (TPSA) is 55.4 Å². The highest BCUT2D eigenvalue weighted by molar-refractivity contribution is 9.10. The second kappa shape index (κ2) is 7.57. The second-order valence-corrected chi connectivity index (χ2v) is 8.43. The molecule has 2 rings (SSSR count). The predicted octanol–water partition coefficient (Wildman–Crippen LogP) is 5.08. The molecule has 0 amide bonds. The Kier molecular flexibility index (Phi) is 5.93. The van der Waals surface area contributed by atoms with Crippen molar-refractivity contribution in [2.24, 2.45) is 0 Å². The lowest BCUT2D eigenvalue weighted by atomic mass is 10.0. The van der Waals surface area contributed by atoms with Crippen molar-refractivity contribution in [2.45, 2.75) is 38.5 Å². The molecule has 0 aliphatic heterocycles. The van der Waals surface area contributed by atoms with Gasteiger partial charge < -0.3 is 4.74 Å². The van der Waals surface area contributed by atoms with E-state index in [0.29, 0.717) is 18.0 Å². The molecule has 24 heavy (non-hydrogen) atoms. The molecule has 0 unspecified atom stereocenters. The van der Waals surface area contributed by atoms with E-state index < -0.39 is 10.0 Å². The number of aryl methyl sites for hydroxylation is 1. The van der Waals surface area contributed by atoms with Crippen molar-refractivity contribution in [2.75, 3.05) is 11.3 Å². The van der Waals surface area contributed by atoms with Gasteiger partial charge in [0, 0.05) is 4.47 Å². The summed E-state index contributed by atoms with van der Waals surface area (Å²) in [6.45, 7) is 8.15. The highest BCUT2D eigenvalue weighted by Crippen LogP contribution is 2.31. The molecule has 130 valence electrons. The monoisotopic (exact) mass is 411 g/mol. The van der Waals surface area contributed by atoms with Crippen LogP contribution in [0.1, 0.15) is 37.8 Å². The van der Waals surface area contributed by atoms with Crippen LogP contribution < -0.4 is 9.46 Å². The van der Waals surface area contributed by atoms with Gasteiger partial charge in [0.05, 0.1) is 12.3 Å². The van der Waals surface area contributed by atoms with Crippen molar-refractivity contribution in [3.05, 3.63) is 52.0 Å². The molecule has 0 saturated carbocycles. The Morgan fingerprint density at radius 3 is 2.46 bits per heavy atom. The van der Waals surface area contributed by atoms with E-state index in [1.807, 2.05) is 39.8 Å². The summed E-state index contributed by atoms with van der Waals surface area (Å²) in [5, 5.41) is 0. The number of sulfonamides is 1. The number of ether oxygens (including phenoxy) is 1. The van der Waals surface area contributed by atoms with E-state index >= 15 is 0 Å². The molecule has 6 heteroatoms. The van der Waals surface area contributed by atoms with E-state index in [1.165, 1.54) is 0 Å². The fourth-order valence-corrected chi connectivity index (χ4v) is 4.10. The maximum Gasteiger partial charge on any atom is 0.265 e. The maximum atomic E-state index is 12.9. The number of hydrogen-bond donors (Lipinski definition) is 1. The maximum absolute atomic E-state index is 12.9. The molecule has 0 heterocycles. The van der Waals surface area contributed by atoms with E-state index in [4.69, 9.17) is 4.74 Å². The van der Waals surface area contributed by atoms with E-state index in [-0.39, 0.29) is 10.8 Å². The van der Waals surface area contributed by atoms with Crippen LogP contribution in [0.4, 0.5) is 5.69 Å². The quantitative estimate of drug-likeness (QED) is 0.720. The van der Waals surface area contributed by atoms with Crippen LogP contribution in [0.3, 0.4) is 0 Å². The molecule has 0 aliphatic carbocycles. The zero-order valence-electron chi connectivity index (χ0n) is 14.3. The SMILES string of the molecule is CCOc1ccc(C(C)C)cc1S(=O)(=O)Nc1ccc(Br)cc1C. The van der Waals surface area contributed by atoms with Crippen molar-refractivity contribution < 1.29 is 13.2 Å². The van der Waals surface area contributed by atoms with Gasteiger partial charge in [-0.15, -0.1) is 0 Å². The van der Waals surface area contributed by atoms with Gasteiger partial charge in [-0.25, -0.2) is 8.42 Å². The molecule has 1 N–H and O–H groups in total. The van der Waals surface area contributed by atoms with Gasteiger partial charge in [-0.05, 0) is 61.2 Å². The molecular weight excluding hydrogens is 390 g/mol. The summed E-state index contributed by atoms with van der Waals surface area (Å²) in [4.78, 5) is 0.165. The van der Waals surface area contributed by atoms with E-state index in [9.17, 15) is 8.42 Å². The van der Waals surface area contributed by atoms with Crippen LogP contribution in [-0.2, 0) is 10.0 Å². The number of benzene rings is 2. The Bertz CT molecular complexity index is 832. The highest BCUT2D eigenvalue weighted by atomic mass is 79.9. The molecule has 0 aliphatic rings. The summed E-state index contributed by atoms with van der Waals surface area (Å²) in [6.07, 6.45) is 0. The van der Waals surface area contributed by atoms with Crippen LogP contribution in [0, 0.1) is 6.92 Å². The molecule has 0 bridgehead atoms. The van der Waals surface area contributed by atoms with Crippen LogP contribution >= 0.6 is 15.9 Å². The number of rotatable bonds is 6. The molecule has 0 radical (unpaired) electrons. The Hall–Kier alpha value is -1.53. The summed E-state index contributed by atoms with van der Waals surface area (Å²) in [5.41, 5.74) is 2.34. The van der Waals surface area contributed by atoms with Crippen molar-refractivity contribution in [3.8, 4) is 5.75 Å². The van der Waals surface area contributed by atoms with Crippen molar-refractivity contribution >= 4 is 31.6 Å². The van der Waals surface area contributed by atoms with Gasteiger partial charge >= 0.3 is 0 Å². The number of anilines is 1. The lowest BCUT2D eigenvalue weighted by Gasteiger charge is -2.16. The van der Waals surface area contributed by atoms with Gasteiger partial charge in [0.1, 0.15) is 10.6 Å². The molecule has 2 aromatic carbocycles. The lowest BCUT2D eigenvalue weighted by Crippen LogP contribution is -2.15. The van der Waals surface area contributed by atoms with Gasteiger partial charge in [0.15, 0.2) is 0 Å². The molecular formula is C18H22BrNO3S. The summed E-state index contributed by atoms with van der Waals surface area (Å²) in [7, 11) is -3.75. The van der Waals surface area contributed by atoms with Crippen LogP contribution in [0.25, 0.3) is 0 Å². The average molecular weight is 412 g/mol. The number of halogens is 1. The molecule has 0 saturated heterocycles. The second-order valence-electron chi connectivity index (χ2n) is 5.86. The number of nitrogens with one attached hydrogen (secondary N) is 1. The van der Waals surface area contributed by atoms with Gasteiger partial charge in [-0.2, -0.15) is 0 Å². The summed E-state index contributed by atoms with van der Waals surface area (Å²) >= 11 is 3.38. The van der Waals surface area contributed by atoms with Gasteiger partial charge in [0.2, 0.25) is 0 Å². The van der Waals surface area contributed by atoms with Crippen LogP contribution in [0.5, 0.6) is 5.75 Å². The van der Waals surface area contributed by atoms with Crippen LogP contribution in [0.2, 0.25) is 0 Å². The first kappa shape index (κ1) is 18.8. The molecule has 0 fully saturated rings. The summed E-state index contributed by atoms with van der Waals surface area (Å²) in [5.74, 6) is 0.591. The van der Waals surface area contributed by atoms with E-state index in [0.717, 1.165) is 15.6 Å². The van der Waals surface area contributed by atoms with Crippen LogP contribution in [0.15, 0.2) is 45.8 Å². The standard InChI is InChI=1S/C18H22BrNO3S/c1-5-23-17-9-6-14(12(2)3)11-18(17)24(21,22)20-16-8-7-15(19)10-13(16)4/h6-12,20H,5H2,1-4H3. The Morgan fingerprint density at radius 2 is 1.88 bits per heavy atom. The average Bonchev–Trinajstić information content (AvgIpc) is 2.50. The fourth-order valence-electron chi connectivity index (χ4n) is 2.31. The predicted molar refractivity (Wildman–Crippen MR) is 101 cm³/mol. The lowest BCUT2D eigenvalue weighted by molar-refractivity contribution is 0.331. The minimum absolute atomic E-state index is 0.165. The Labute approximate surface area is 152 Å². The smallest absolute Gasteiger partial charge is 0.265 e. The minimum atomic E-state index is -3.75. The first-order valence-electron chi connectivity index (χ1n) is 7.80. The van der Waals surface area contributed by atoms with Gasteiger partial charge in [0.25, 0.3) is 10.0 Å². The fraction of sp³-hybridized carbons (Fsp3) is 0.333. The zero-order valence-corrected chi connectivity index (χ0v) is 16.7. The van der Waals surface area contributed by atoms with Gasteiger partial charge in [-0.1, -0.05) is 35.8 Å². The summed E-state index contributed by atoms with van der Waals surface area (Å²) < 4.78 is 34.9. The molecule has 2 aromatic rings. The Morgan fingerprint density at radius 1 is 1.17 bits per heavy atom. The third-order valence-corrected chi connectivity index (χ3v) is 5.54. The highest BCUT2D eigenvalue weighted by Gasteiger charge is 2.22. The van der Waals surface area contributed by atoms with Gasteiger partial charge in [-0.3, -0.25) is 4.72 Å². The normalized spacial score (nSPS) is 11.6. The summed E-state index contributed by atoms with van der Waals surface area (Å²) in [6, 6.07) is 10.7. The third-order valence-electron chi connectivity index (χ3n) is 3.66. The number of hydrogen-bond acceptors (Lipinski definition) is 3. The zero-order chi connectivity index (χ0) is 17.9. The largest absolute Gasteiger partial charge is 0.492 e. The van der Waals surface area contributed by atoms with E-state index in [1.54, 1.807) is 24.3 Å². The molecule has 0 atom stereocenters. The van der Waals surface area contributed by atoms with Crippen molar-refractivity contribution in [1.29, 1.82) is 0 Å². The van der Waals surface area contributed by atoms with Crippen molar-refractivity contribution in [3.63, 3.8) is 0 Å². The molecule has 0 aromatic heterocycles. The first-order chi connectivity index (χ1) is 11.2. The van der Waals surface area contributed by atoms with E-state index in [2.05, 4.69) is 20.7 Å². The minimum Gasteiger partial charge on any atom is -0.492 e. The molecule has 0 spiro atoms. The van der Waals surface area contributed by atoms with Crippen LogP contribution in [-0.4, -0.2) is 15.0 Å². The first-order valence-corrected chi connectivity index (χ1v) is 10.1. The third kappa shape index (κ3) is 4.30. The molecule has 4 nitrogen and oxygen atoms in total.